The minimum Gasteiger partial charge on any atom is -0.478 e. The van der Waals surface area contributed by atoms with Gasteiger partial charge in [0.2, 0.25) is 0 Å². The first-order chi connectivity index (χ1) is 7.54. The number of carbonyl (C=O) groups is 1. The number of hydrogen-bond acceptors (Lipinski definition) is 3. The predicted octanol–water partition coefficient (Wildman–Crippen LogP) is 2.57. The van der Waals surface area contributed by atoms with Crippen molar-refractivity contribution in [3.63, 3.8) is 0 Å². The van der Waals surface area contributed by atoms with Gasteiger partial charge in [0, 0.05) is 17.4 Å². The molecule has 0 fully saturated rings. The monoisotopic (exact) mass is 222 g/mol. The van der Waals surface area contributed by atoms with Crippen LogP contribution in [-0.4, -0.2) is 17.1 Å². The Hall–Kier alpha value is -1.71. The molecule has 88 valence electrons. The molecule has 0 aliphatic carbocycles. The van der Waals surface area contributed by atoms with E-state index in [4.69, 9.17) is 10.8 Å². The molecule has 4 N–H and O–H groups in total. The number of carboxylic acid groups (broad SMARTS) is 1. The van der Waals surface area contributed by atoms with Gasteiger partial charge in [-0.15, -0.1) is 0 Å². The Labute approximate surface area is 95.5 Å². The molecule has 0 radical (unpaired) electrons. The lowest BCUT2D eigenvalue weighted by molar-refractivity contribution is 0.0698. The highest BCUT2D eigenvalue weighted by Gasteiger charge is 2.11. The second-order valence-electron chi connectivity index (χ2n) is 3.94. The van der Waals surface area contributed by atoms with Crippen molar-refractivity contribution in [2.75, 3.05) is 11.1 Å². The Balaban J connectivity index is 2.90. The lowest BCUT2D eigenvalue weighted by Gasteiger charge is -2.16. The van der Waals surface area contributed by atoms with Crippen LogP contribution in [0.15, 0.2) is 18.2 Å². The maximum atomic E-state index is 11.0. The number of carboxylic acids is 1. The molecule has 1 aromatic rings. The smallest absolute Gasteiger partial charge is 0.337 e. The van der Waals surface area contributed by atoms with E-state index in [1.807, 2.05) is 6.92 Å². The summed E-state index contributed by atoms with van der Waals surface area (Å²) < 4.78 is 0. The zero-order valence-electron chi connectivity index (χ0n) is 9.66. The van der Waals surface area contributed by atoms with Gasteiger partial charge in [-0.2, -0.15) is 0 Å². The Morgan fingerprint density at radius 2 is 2.25 bits per heavy atom. The van der Waals surface area contributed by atoms with Gasteiger partial charge in [-0.1, -0.05) is 13.3 Å². The number of nitrogen functional groups attached to an aromatic ring is 1. The van der Waals surface area contributed by atoms with Crippen LogP contribution in [-0.2, 0) is 0 Å². The summed E-state index contributed by atoms with van der Waals surface area (Å²) in [6.45, 7) is 4.13. The van der Waals surface area contributed by atoms with Gasteiger partial charge in [-0.3, -0.25) is 0 Å². The minimum atomic E-state index is -0.960. The Morgan fingerprint density at radius 3 is 2.81 bits per heavy atom. The number of benzene rings is 1. The third-order valence-electron chi connectivity index (χ3n) is 2.40. The Kier molecular flexibility index (Phi) is 4.17. The van der Waals surface area contributed by atoms with Crippen LogP contribution in [0, 0.1) is 0 Å². The summed E-state index contributed by atoms with van der Waals surface area (Å²) in [5.41, 5.74) is 6.88. The molecule has 0 aromatic heterocycles. The first kappa shape index (κ1) is 12.4. The van der Waals surface area contributed by atoms with E-state index in [-0.39, 0.29) is 11.6 Å². The molecule has 4 heteroatoms. The third kappa shape index (κ3) is 3.15. The van der Waals surface area contributed by atoms with Crippen molar-refractivity contribution >= 4 is 17.3 Å². The first-order valence-electron chi connectivity index (χ1n) is 5.44. The van der Waals surface area contributed by atoms with Crippen molar-refractivity contribution in [3.8, 4) is 0 Å². The summed E-state index contributed by atoms with van der Waals surface area (Å²) in [4.78, 5) is 11.0. The van der Waals surface area contributed by atoms with E-state index in [9.17, 15) is 4.79 Å². The van der Waals surface area contributed by atoms with Crippen molar-refractivity contribution < 1.29 is 9.90 Å². The van der Waals surface area contributed by atoms with E-state index in [0.29, 0.717) is 11.4 Å². The highest BCUT2D eigenvalue weighted by Crippen LogP contribution is 2.20. The number of nitrogens with one attached hydrogen (secondary N) is 1. The lowest BCUT2D eigenvalue weighted by Crippen LogP contribution is -2.17. The van der Waals surface area contributed by atoms with E-state index in [1.54, 1.807) is 12.1 Å². The van der Waals surface area contributed by atoms with E-state index >= 15 is 0 Å². The molecule has 0 aliphatic heterocycles. The van der Waals surface area contributed by atoms with Gasteiger partial charge < -0.3 is 16.2 Å². The molecule has 0 amide bonds. The maximum Gasteiger partial charge on any atom is 0.337 e. The summed E-state index contributed by atoms with van der Waals surface area (Å²) in [6.07, 6.45) is 2.06. The topological polar surface area (TPSA) is 75.3 Å². The van der Waals surface area contributed by atoms with Gasteiger partial charge in [-0.25, -0.2) is 4.79 Å². The highest BCUT2D eigenvalue weighted by atomic mass is 16.4. The quantitative estimate of drug-likeness (QED) is 0.669. The van der Waals surface area contributed by atoms with E-state index in [1.165, 1.54) is 6.07 Å². The van der Waals surface area contributed by atoms with Crippen molar-refractivity contribution in [1.29, 1.82) is 0 Å². The number of rotatable bonds is 5. The van der Waals surface area contributed by atoms with Crippen LogP contribution in [0.2, 0.25) is 0 Å². The van der Waals surface area contributed by atoms with Crippen molar-refractivity contribution in [1.82, 2.24) is 0 Å². The number of hydrogen-bond donors (Lipinski definition) is 3. The van der Waals surface area contributed by atoms with E-state index < -0.39 is 5.97 Å². The fourth-order valence-corrected chi connectivity index (χ4v) is 1.64. The standard InChI is InChI=1S/C12H18N2O2/c1-3-4-8(2)14-11-6-5-9(13)7-10(11)12(15)16/h5-8,14H,3-4,13H2,1-2H3,(H,15,16)/t8-/m1/s1. The van der Waals surface area contributed by atoms with Crippen LogP contribution < -0.4 is 11.1 Å². The highest BCUT2D eigenvalue weighted by molar-refractivity contribution is 5.95. The van der Waals surface area contributed by atoms with Crippen LogP contribution in [0.25, 0.3) is 0 Å². The van der Waals surface area contributed by atoms with Crippen molar-refractivity contribution in [3.05, 3.63) is 23.8 Å². The van der Waals surface area contributed by atoms with E-state index in [2.05, 4.69) is 12.2 Å². The van der Waals surface area contributed by atoms with Crippen molar-refractivity contribution in [2.24, 2.45) is 0 Å². The van der Waals surface area contributed by atoms with Gasteiger partial charge in [0.05, 0.1) is 5.56 Å². The zero-order chi connectivity index (χ0) is 12.1. The van der Waals surface area contributed by atoms with Gasteiger partial charge in [0.15, 0.2) is 0 Å². The minimum absolute atomic E-state index is 0.225. The number of anilines is 2. The van der Waals surface area contributed by atoms with Gasteiger partial charge >= 0.3 is 5.97 Å². The summed E-state index contributed by atoms with van der Waals surface area (Å²) in [5, 5.41) is 12.2. The molecule has 0 saturated carbocycles. The molecule has 0 heterocycles. The van der Waals surface area contributed by atoms with Crippen LogP contribution >= 0.6 is 0 Å². The molecule has 1 atom stereocenters. The molecule has 16 heavy (non-hydrogen) atoms. The fourth-order valence-electron chi connectivity index (χ4n) is 1.64. The third-order valence-corrected chi connectivity index (χ3v) is 2.40. The summed E-state index contributed by atoms with van der Waals surface area (Å²) >= 11 is 0. The lowest BCUT2D eigenvalue weighted by atomic mass is 10.1. The number of nitrogens with two attached hydrogens (primary N) is 1. The van der Waals surface area contributed by atoms with E-state index in [0.717, 1.165) is 12.8 Å². The van der Waals surface area contributed by atoms with Crippen LogP contribution in [0.3, 0.4) is 0 Å². The first-order valence-corrected chi connectivity index (χ1v) is 5.44. The second kappa shape index (κ2) is 5.39. The predicted molar refractivity (Wildman–Crippen MR) is 65.8 cm³/mol. The van der Waals surface area contributed by atoms with Gasteiger partial charge in [-0.05, 0) is 31.5 Å². The molecule has 1 rings (SSSR count). The molecule has 1 aromatic carbocycles. The van der Waals surface area contributed by atoms with Gasteiger partial charge in [0.1, 0.15) is 0 Å². The largest absolute Gasteiger partial charge is 0.478 e. The van der Waals surface area contributed by atoms with Gasteiger partial charge in [0.25, 0.3) is 0 Å². The molecule has 0 saturated heterocycles. The number of aromatic carboxylic acids is 1. The average molecular weight is 222 g/mol. The molecule has 4 nitrogen and oxygen atoms in total. The maximum absolute atomic E-state index is 11.0. The SMILES string of the molecule is CCC[C@@H](C)Nc1ccc(N)cc1C(=O)O. The molecule has 0 spiro atoms. The van der Waals surface area contributed by atoms with Crippen LogP contribution in [0.4, 0.5) is 11.4 Å². The average Bonchev–Trinajstić information content (AvgIpc) is 2.20. The summed E-state index contributed by atoms with van der Waals surface area (Å²) in [5.74, 6) is -0.960. The van der Waals surface area contributed by atoms with Crippen LogP contribution in [0.1, 0.15) is 37.0 Å². The molecule has 0 unspecified atom stereocenters. The second-order valence-corrected chi connectivity index (χ2v) is 3.94. The Morgan fingerprint density at radius 1 is 1.56 bits per heavy atom. The zero-order valence-corrected chi connectivity index (χ0v) is 9.66. The summed E-state index contributed by atoms with van der Waals surface area (Å²) in [7, 11) is 0. The van der Waals surface area contributed by atoms with Crippen molar-refractivity contribution in [2.45, 2.75) is 32.7 Å². The molecular formula is C12H18N2O2. The normalized spacial score (nSPS) is 12.1. The summed E-state index contributed by atoms with van der Waals surface area (Å²) in [6, 6.07) is 5.15. The molecule has 0 bridgehead atoms. The molecular weight excluding hydrogens is 204 g/mol. The van der Waals surface area contributed by atoms with Crippen LogP contribution in [0.5, 0.6) is 0 Å². The fraction of sp³-hybridized carbons (Fsp3) is 0.417. The Bertz CT molecular complexity index is 377. The molecule has 0 aliphatic rings.